The van der Waals surface area contributed by atoms with Crippen molar-refractivity contribution in [1.29, 1.82) is 0 Å². The predicted octanol–water partition coefficient (Wildman–Crippen LogP) is 1.47. The zero-order valence-electron chi connectivity index (χ0n) is 11.1. The minimum atomic E-state index is -1.46. The third kappa shape index (κ3) is 3.76. The van der Waals surface area contributed by atoms with E-state index in [4.69, 9.17) is 0 Å². The second-order valence-electron chi connectivity index (χ2n) is 4.46. The van der Waals surface area contributed by atoms with E-state index in [0.717, 1.165) is 19.3 Å². The number of nitrogens with one attached hydrogen (secondary N) is 1. The van der Waals surface area contributed by atoms with Crippen LogP contribution in [0.5, 0.6) is 0 Å². The Kier molecular flexibility index (Phi) is 5.97. The molecule has 0 radical (unpaired) electrons. The SMILES string of the molecule is CCC(CC)(CC)NCC(C)(O)C(=O)OC. The molecule has 4 heteroatoms. The maximum Gasteiger partial charge on any atom is 0.338 e. The van der Waals surface area contributed by atoms with Gasteiger partial charge in [-0.15, -0.1) is 0 Å². The summed E-state index contributed by atoms with van der Waals surface area (Å²) in [4.78, 5) is 11.3. The second-order valence-corrected chi connectivity index (χ2v) is 4.46. The molecule has 0 heterocycles. The van der Waals surface area contributed by atoms with Gasteiger partial charge in [-0.05, 0) is 26.2 Å². The normalized spacial score (nSPS) is 15.6. The quantitative estimate of drug-likeness (QED) is 0.651. The fraction of sp³-hybridized carbons (Fsp3) is 0.917. The number of aliphatic hydroxyl groups is 1. The molecule has 0 aliphatic rings. The van der Waals surface area contributed by atoms with Crippen LogP contribution in [0, 0.1) is 0 Å². The van der Waals surface area contributed by atoms with Gasteiger partial charge in [0.2, 0.25) is 0 Å². The number of rotatable bonds is 7. The first kappa shape index (κ1) is 15.4. The summed E-state index contributed by atoms with van der Waals surface area (Å²) in [6.45, 7) is 8.00. The van der Waals surface area contributed by atoms with Crippen molar-refractivity contribution in [1.82, 2.24) is 5.32 Å². The van der Waals surface area contributed by atoms with E-state index < -0.39 is 11.6 Å². The molecule has 0 aliphatic heterocycles. The molecule has 0 saturated heterocycles. The average molecular weight is 231 g/mol. The molecule has 0 aromatic rings. The van der Waals surface area contributed by atoms with Crippen LogP contribution in [0.1, 0.15) is 47.0 Å². The fourth-order valence-electron chi connectivity index (χ4n) is 1.78. The van der Waals surface area contributed by atoms with Crippen molar-refractivity contribution in [3.05, 3.63) is 0 Å². The standard InChI is InChI=1S/C12H25NO3/c1-6-12(7-2,8-3)13-9-11(4,15)10(14)16-5/h13,15H,6-9H2,1-5H3. The zero-order chi connectivity index (χ0) is 12.8. The highest BCUT2D eigenvalue weighted by Gasteiger charge is 2.34. The maximum absolute atomic E-state index is 11.3. The van der Waals surface area contributed by atoms with Crippen LogP contribution in [0.15, 0.2) is 0 Å². The van der Waals surface area contributed by atoms with E-state index in [9.17, 15) is 9.90 Å². The molecule has 0 fully saturated rings. The molecule has 2 N–H and O–H groups in total. The Bertz CT molecular complexity index is 214. The molecule has 1 atom stereocenters. The van der Waals surface area contributed by atoms with E-state index in [-0.39, 0.29) is 12.1 Å². The van der Waals surface area contributed by atoms with E-state index in [0.29, 0.717) is 0 Å². The summed E-state index contributed by atoms with van der Waals surface area (Å²) in [7, 11) is 1.28. The lowest BCUT2D eigenvalue weighted by atomic mass is 9.89. The highest BCUT2D eigenvalue weighted by molar-refractivity contribution is 5.78. The molecule has 0 aromatic carbocycles. The van der Waals surface area contributed by atoms with Crippen molar-refractivity contribution in [3.8, 4) is 0 Å². The molecule has 4 nitrogen and oxygen atoms in total. The molecule has 0 aliphatic carbocycles. The van der Waals surface area contributed by atoms with Gasteiger partial charge < -0.3 is 15.2 Å². The number of ether oxygens (including phenoxy) is 1. The van der Waals surface area contributed by atoms with Crippen LogP contribution < -0.4 is 5.32 Å². The summed E-state index contributed by atoms with van der Waals surface area (Å²) in [5, 5.41) is 13.2. The van der Waals surface area contributed by atoms with Crippen LogP contribution in [-0.4, -0.2) is 35.9 Å². The third-order valence-electron chi connectivity index (χ3n) is 3.46. The van der Waals surface area contributed by atoms with Crippen molar-refractivity contribution in [2.45, 2.75) is 58.1 Å². The number of esters is 1. The highest BCUT2D eigenvalue weighted by Crippen LogP contribution is 2.20. The minimum Gasteiger partial charge on any atom is -0.467 e. The van der Waals surface area contributed by atoms with Crippen LogP contribution in [0.3, 0.4) is 0 Å². The molecule has 0 aromatic heterocycles. The van der Waals surface area contributed by atoms with E-state index in [2.05, 4.69) is 30.8 Å². The van der Waals surface area contributed by atoms with Gasteiger partial charge in [0.1, 0.15) is 0 Å². The number of carbonyl (C=O) groups is 1. The molecule has 16 heavy (non-hydrogen) atoms. The van der Waals surface area contributed by atoms with E-state index in [1.807, 2.05) is 0 Å². The number of methoxy groups -OCH3 is 1. The first-order valence-electron chi connectivity index (χ1n) is 5.93. The summed E-state index contributed by atoms with van der Waals surface area (Å²) >= 11 is 0. The summed E-state index contributed by atoms with van der Waals surface area (Å²) in [6, 6.07) is 0. The Labute approximate surface area is 98.4 Å². The van der Waals surface area contributed by atoms with Crippen molar-refractivity contribution >= 4 is 5.97 Å². The fourth-order valence-corrected chi connectivity index (χ4v) is 1.78. The lowest BCUT2D eigenvalue weighted by molar-refractivity contribution is -0.160. The monoisotopic (exact) mass is 231 g/mol. The van der Waals surface area contributed by atoms with E-state index >= 15 is 0 Å². The summed E-state index contributed by atoms with van der Waals surface area (Å²) in [6.07, 6.45) is 2.91. The van der Waals surface area contributed by atoms with Crippen LogP contribution in [0.25, 0.3) is 0 Å². The Balaban J connectivity index is 4.46. The Morgan fingerprint density at radius 1 is 1.25 bits per heavy atom. The van der Waals surface area contributed by atoms with Crippen LogP contribution in [0.4, 0.5) is 0 Å². The van der Waals surface area contributed by atoms with Crippen molar-refractivity contribution in [2.24, 2.45) is 0 Å². The highest BCUT2D eigenvalue weighted by atomic mass is 16.5. The van der Waals surface area contributed by atoms with E-state index in [1.165, 1.54) is 14.0 Å². The first-order chi connectivity index (χ1) is 7.37. The van der Waals surface area contributed by atoms with Crippen LogP contribution in [-0.2, 0) is 9.53 Å². The van der Waals surface area contributed by atoms with Gasteiger partial charge in [-0.2, -0.15) is 0 Å². The van der Waals surface area contributed by atoms with Gasteiger partial charge in [0.15, 0.2) is 5.60 Å². The van der Waals surface area contributed by atoms with Gasteiger partial charge in [0.25, 0.3) is 0 Å². The average Bonchev–Trinajstić information content (AvgIpc) is 2.30. The minimum absolute atomic E-state index is 0.00197. The smallest absolute Gasteiger partial charge is 0.338 e. The first-order valence-corrected chi connectivity index (χ1v) is 5.93. The number of hydrogen-bond acceptors (Lipinski definition) is 4. The molecule has 0 saturated carbocycles. The van der Waals surface area contributed by atoms with Gasteiger partial charge in [-0.1, -0.05) is 20.8 Å². The van der Waals surface area contributed by atoms with Crippen LogP contribution >= 0.6 is 0 Å². The maximum atomic E-state index is 11.3. The lowest BCUT2D eigenvalue weighted by Crippen LogP contribution is -2.53. The van der Waals surface area contributed by atoms with Crippen molar-refractivity contribution < 1.29 is 14.6 Å². The molecule has 0 amide bonds. The molecule has 0 bridgehead atoms. The lowest BCUT2D eigenvalue weighted by Gasteiger charge is -2.34. The molecule has 0 rings (SSSR count). The molecule has 1 unspecified atom stereocenters. The Morgan fingerprint density at radius 3 is 2.00 bits per heavy atom. The number of β-amino-alcohol motifs (C(OH)–C–C–N with tert-alkyl or cyclic N) is 1. The predicted molar refractivity (Wildman–Crippen MR) is 64.2 cm³/mol. The molecular weight excluding hydrogens is 206 g/mol. The Morgan fingerprint density at radius 2 is 1.69 bits per heavy atom. The van der Waals surface area contributed by atoms with Crippen LogP contribution in [0.2, 0.25) is 0 Å². The number of hydrogen-bond donors (Lipinski definition) is 2. The van der Waals surface area contributed by atoms with Gasteiger partial charge >= 0.3 is 5.97 Å². The molecular formula is C12H25NO3. The van der Waals surface area contributed by atoms with Gasteiger partial charge in [-0.3, -0.25) is 0 Å². The summed E-state index contributed by atoms with van der Waals surface area (Å²) < 4.78 is 4.55. The Hall–Kier alpha value is -0.610. The topological polar surface area (TPSA) is 58.6 Å². The van der Waals surface area contributed by atoms with Crippen molar-refractivity contribution in [2.75, 3.05) is 13.7 Å². The molecule has 0 spiro atoms. The zero-order valence-corrected chi connectivity index (χ0v) is 11.1. The van der Waals surface area contributed by atoms with Crippen molar-refractivity contribution in [3.63, 3.8) is 0 Å². The number of carbonyl (C=O) groups excluding carboxylic acids is 1. The largest absolute Gasteiger partial charge is 0.467 e. The third-order valence-corrected chi connectivity index (χ3v) is 3.46. The second kappa shape index (κ2) is 6.21. The summed E-state index contributed by atoms with van der Waals surface area (Å²) in [5.41, 5.74) is -1.46. The molecule has 96 valence electrons. The van der Waals surface area contributed by atoms with Gasteiger partial charge in [-0.25, -0.2) is 4.79 Å². The van der Waals surface area contributed by atoms with E-state index in [1.54, 1.807) is 0 Å². The van der Waals surface area contributed by atoms with Gasteiger partial charge in [0.05, 0.1) is 7.11 Å². The van der Waals surface area contributed by atoms with Gasteiger partial charge in [0, 0.05) is 12.1 Å². The summed E-state index contributed by atoms with van der Waals surface area (Å²) in [5.74, 6) is -0.600.